The fourth-order valence-corrected chi connectivity index (χ4v) is 1.35. The van der Waals surface area contributed by atoms with Crippen LogP contribution in [0, 0.1) is 0 Å². The molecule has 0 fully saturated rings. The lowest BCUT2D eigenvalue weighted by atomic mass is 9.78. The number of nitrogens with zero attached hydrogens (tertiary/aromatic N) is 1. The molecule has 15 heavy (non-hydrogen) atoms. The topological polar surface area (TPSA) is 53.4 Å². The van der Waals surface area contributed by atoms with Gasteiger partial charge in [0.1, 0.15) is 0 Å². The van der Waals surface area contributed by atoms with Gasteiger partial charge in [0.25, 0.3) is 0 Å². The standard InChI is InChI=1S/C9H8BNO2.C2H6/c12-10(13)8-4-1-5-9-7(8)3-2-6-11-9;1-2/h1-6,12-13H;1-2H3. The van der Waals surface area contributed by atoms with Gasteiger partial charge in [-0.25, -0.2) is 0 Å². The number of pyridine rings is 1. The highest BCUT2D eigenvalue weighted by Gasteiger charge is 2.13. The van der Waals surface area contributed by atoms with Gasteiger partial charge in [0, 0.05) is 6.20 Å². The van der Waals surface area contributed by atoms with Gasteiger partial charge in [-0.05, 0) is 23.0 Å². The van der Waals surface area contributed by atoms with Crippen LogP contribution >= 0.6 is 0 Å². The van der Waals surface area contributed by atoms with Gasteiger partial charge in [-0.2, -0.15) is 0 Å². The van der Waals surface area contributed by atoms with Gasteiger partial charge >= 0.3 is 7.12 Å². The average molecular weight is 203 g/mol. The lowest BCUT2D eigenvalue weighted by molar-refractivity contribution is 0.426. The summed E-state index contributed by atoms with van der Waals surface area (Å²) < 4.78 is 0. The Bertz CT molecular complexity index is 426. The number of rotatable bonds is 1. The maximum atomic E-state index is 9.05. The van der Waals surface area contributed by atoms with Gasteiger partial charge in [-0.3, -0.25) is 4.98 Å². The van der Waals surface area contributed by atoms with Crippen molar-refractivity contribution in [1.29, 1.82) is 0 Å². The number of benzene rings is 1. The highest BCUT2D eigenvalue weighted by Crippen LogP contribution is 2.07. The van der Waals surface area contributed by atoms with Crippen LogP contribution in [0.4, 0.5) is 0 Å². The molecule has 2 rings (SSSR count). The van der Waals surface area contributed by atoms with Crippen LogP contribution in [0.25, 0.3) is 10.9 Å². The van der Waals surface area contributed by atoms with Crippen molar-refractivity contribution in [3.63, 3.8) is 0 Å². The lowest BCUT2D eigenvalue weighted by Gasteiger charge is -2.03. The van der Waals surface area contributed by atoms with Crippen molar-refractivity contribution in [3.8, 4) is 0 Å². The van der Waals surface area contributed by atoms with E-state index in [4.69, 9.17) is 10.0 Å². The monoisotopic (exact) mass is 203 g/mol. The minimum absolute atomic E-state index is 0.491. The van der Waals surface area contributed by atoms with E-state index in [9.17, 15) is 0 Å². The minimum Gasteiger partial charge on any atom is -0.423 e. The molecule has 0 aliphatic carbocycles. The van der Waals surface area contributed by atoms with Crippen LogP contribution in [-0.2, 0) is 0 Å². The van der Waals surface area contributed by atoms with Crippen LogP contribution in [0.5, 0.6) is 0 Å². The fourth-order valence-electron chi connectivity index (χ4n) is 1.35. The van der Waals surface area contributed by atoms with Gasteiger partial charge in [0.05, 0.1) is 5.52 Å². The van der Waals surface area contributed by atoms with E-state index >= 15 is 0 Å². The van der Waals surface area contributed by atoms with Crippen molar-refractivity contribution >= 4 is 23.5 Å². The molecule has 1 aromatic carbocycles. The molecular formula is C11H14BNO2. The molecule has 0 aliphatic heterocycles. The summed E-state index contributed by atoms with van der Waals surface area (Å²) in [5.41, 5.74) is 1.26. The van der Waals surface area contributed by atoms with Crippen LogP contribution < -0.4 is 5.46 Å². The second kappa shape index (κ2) is 5.48. The van der Waals surface area contributed by atoms with E-state index in [2.05, 4.69) is 4.98 Å². The maximum Gasteiger partial charge on any atom is 0.489 e. The third-order valence-corrected chi connectivity index (χ3v) is 1.96. The van der Waals surface area contributed by atoms with Crippen LogP contribution in [0.3, 0.4) is 0 Å². The molecule has 2 N–H and O–H groups in total. The molecule has 0 saturated carbocycles. The van der Waals surface area contributed by atoms with Gasteiger partial charge in [0.15, 0.2) is 0 Å². The Hall–Kier alpha value is -1.39. The molecule has 0 spiro atoms. The van der Waals surface area contributed by atoms with Crippen molar-refractivity contribution in [1.82, 2.24) is 4.98 Å². The molecule has 1 heterocycles. The predicted molar refractivity (Wildman–Crippen MR) is 62.9 cm³/mol. The molecule has 3 nitrogen and oxygen atoms in total. The van der Waals surface area contributed by atoms with Crippen LogP contribution in [0.15, 0.2) is 36.5 Å². The predicted octanol–water partition coefficient (Wildman–Crippen LogP) is 0.941. The van der Waals surface area contributed by atoms with E-state index in [1.54, 1.807) is 24.4 Å². The maximum absolute atomic E-state index is 9.05. The van der Waals surface area contributed by atoms with Crippen molar-refractivity contribution in [2.24, 2.45) is 0 Å². The average Bonchev–Trinajstić information content (AvgIpc) is 2.31. The van der Waals surface area contributed by atoms with E-state index in [0.717, 1.165) is 10.9 Å². The van der Waals surface area contributed by atoms with Gasteiger partial charge in [-0.15, -0.1) is 0 Å². The Balaban J connectivity index is 0.000000531. The van der Waals surface area contributed by atoms with E-state index in [1.165, 1.54) is 0 Å². The van der Waals surface area contributed by atoms with E-state index in [-0.39, 0.29) is 0 Å². The zero-order valence-electron chi connectivity index (χ0n) is 8.88. The van der Waals surface area contributed by atoms with Gasteiger partial charge in [-0.1, -0.05) is 32.0 Å². The molecule has 4 heteroatoms. The number of fused-ring (bicyclic) bond motifs is 1. The molecule has 2 aromatic rings. The molecule has 0 atom stereocenters. The lowest BCUT2D eigenvalue weighted by Crippen LogP contribution is -2.30. The van der Waals surface area contributed by atoms with E-state index in [0.29, 0.717) is 5.46 Å². The van der Waals surface area contributed by atoms with Gasteiger partial charge < -0.3 is 10.0 Å². The molecule has 1 aromatic heterocycles. The Morgan fingerprint density at radius 1 is 1.07 bits per heavy atom. The summed E-state index contributed by atoms with van der Waals surface area (Å²) in [6.07, 6.45) is 1.68. The first-order valence-electron chi connectivity index (χ1n) is 4.99. The van der Waals surface area contributed by atoms with Crippen molar-refractivity contribution < 1.29 is 10.0 Å². The molecule has 0 saturated heterocycles. The second-order valence-electron chi connectivity index (χ2n) is 2.79. The number of hydrogen-bond acceptors (Lipinski definition) is 3. The molecule has 0 amide bonds. The Morgan fingerprint density at radius 2 is 1.80 bits per heavy atom. The summed E-state index contributed by atoms with van der Waals surface area (Å²) in [5, 5.41) is 18.9. The Morgan fingerprint density at radius 3 is 2.47 bits per heavy atom. The fraction of sp³-hybridized carbons (Fsp3) is 0.182. The van der Waals surface area contributed by atoms with E-state index < -0.39 is 7.12 Å². The molecule has 78 valence electrons. The number of aromatic nitrogens is 1. The smallest absolute Gasteiger partial charge is 0.423 e. The zero-order valence-corrected chi connectivity index (χ0v) is 8.88. The molecular weight excluding hydrogens is 189 g/mol. The number of hydrogen-bond donors (Lipinski definition) is 2. The summed E-state index contributed by atoms with van der Waals surface area (Å²) in [7, 11) is -1.44. The van der Waals surface area contributed by atoms with Crippen LogP contribution in [0.2, 0.25) is 0 Å². The van der Waals surface area contributed by atoms with E-state index in [1.807, 2.05) is 26.0 Å². The van der Waals surface area contributed by atoms with Crippen molar-refractivity contribution in [2.45, 2.75) is 13.8 Å². The molecule has 0 aliphatic rings. The normalized spacial score (nSPS) is 9.33. The first-order valence-corrected chi connectivity index (χ1v) is 4.99. The van der Waals surface area contributed by atoms with Crippen molar-refractivity contribution in [3.05, 3.63) is 36.5 Å². The highest BCUT2D eigenvalue weighted by molar-refractivity contribution is 6.61. The highest BCUT2D eigenvalue weighted by atomic mass is 16.4. The Labute approximate surface area is 89.5 Å². The first kappa shape index (κ1) is 11.7. The van der Waals surface area contributed by atoms with Crippen LogP contribution in [-0.4, -0.2) is 22.2 Å². The quantitative estimate of drug-likeness (QED) is 0.678. The Kier molecular flexibility index (Phi) is 4.27. The SMILES string of the molecule is CC.OB(O)c1cccc2ncccc12. The summed E-state index contributed by atoms with van der Waals surface area (Å²) >= 11 is 0. The largest absolute Gasteiger partial charge is 0.489 e. The molecule has 0 radical (unpaired) electrons. The zero-order chi connectivity index (χ0) is 11.3. The second-order valence-corrected chi connectivity index (χ2v) is 2.79. The minimum atomic E-state index is -1.44. The summed E-state index contributed by atoms with van der Waals surface area (Å²) in [6, 6.07) is 8.85. The molecule has 0 unspecified atom stereocenters. The summed E-state index contributed by atoms with van der Waals surface area (Å²) in [6.45, 7) is 4.00. The molecule has 0 bridgehead atoms. The third-order valence-electron chi connectivity index (χ3n) is 1.96. The first-order chi connectivity index (χ1) is 7.29. The van der Waals surface area contributed by atoms with Gasteiger partial charge in [0.2, 0.25) is 0 Å². The summed E-state index contributed by atoms with van der Waals surface area (Å²) in [4.78, 5) is 4.10. The van der Waals surface area contributed by atoms with Crippen LogP contribution in [0.1, 0.15) is 13.8 Å². The third kappa shape index (κ3) is 2.55. The van der Waals surface area contributed by atoms with Crippen molar-refractivity contribution in [2.75, 3.05) is 0 Å². The summed E-state index contributed by atoms with van der Waals surface area (Å²) in [5.74, 6) is 0.